The van der Waals surface area contributed by atoms with Crippen molar-refractivity contribution in [3.63, 3.8) is 0 Å². The molecule has 1 aliphatic rings. The third kappa shape index (κ3) is 6.51. The highest BCUT2D eigenvalue weighted by molar-refractivity contribution is 7.92. The van der Waals surface area contributed by atoms with Crippen molar-refractivity contribution >= 4 is 55.9 Å². The third-order valence-corrected chi connectivity index (χ3v) is 8.40. The zero-order chi connectivity index (χ0) is 29.9. The van der Waals surface area contributed by atoms with Gasteiger partial charge in [0, 0.05) is 41.8 Å². The van der Waals surface area contributed by atoms with Gasteiger partial charge >= 0.3 is 5.97 Å². The average molecular weight is 609 g/mol. The summed E-state index contributed by atoms with van der Waals surface area (Å²) in [6.07, 6.45) is 0.600. The number of hydrogen-bond acceptors (Lipinski definition) is 9. The van der Waals surface area contributed by atoms with Gasteiger partial charge in [-0.15, -0.1) is 10.2 Å². The van der Waals surface area contributed by atoms with Crippen LogP contribution in [0.3, 0.4) is 0 Å². The van der Waals surface area contributed by atoms with Gasteiger partial charge in [-0.2, -0.15) is 0 Å². The first-order valence-electron chi connectivity index (χ1n) is 13.4. The Morgan fingerprint density at radius 2 is 1.83 bits per heavy atom. The van der Waals surface area contributed by atoms with Crippen molar-refractivity contribution in [1.29, 1.82) is 0 Å². The molecule has 1 atom stereocenters. The van der Waals surface area contributed by atoms with Crippen molar-refractivity contribution in [1.82, 2.24) is 20.1 Å². The van der Waals surface area contributed by atoms with Crippen LogP contribution in [0.4, 0.5) is 11.5 Å². The number of halogens is 1. The summed E-state index contributed by atoms with van der Waals surface area (Å²) in [5.74, 6) is -1.15. The van der Waals surface area contributed by atoms with Crippen LogP contribution in [-0.2, 0) is 32.5 Å². The lowest BCUT2D eigenvalue weighted by Crippen LogP contribution is -2.34. The van der Waals surface area contributed by atoms with Gasteiger partial charge in [0.1, 0.15) is 0 Å². The van der Waals surface area contributed by atoms with Crippen LogP contribution in [0.15, 0.2) is 65.6 Å². The first-order valence-corrected chi connectivity index (χ1v) is 15.3. The van der Waals surface area contributed by atoms with Crippen molar-refractivity contribution in [2.45, 2.75) is 44.2 Å². The van der Waals surface area contributed by atoms with E-state index in [9.17, 15) is 18.0 Å². The van der Waals surface area contributed by atoms with Crippen LogP contribution in [0.1, 0.15) is 41.9 Å². The fraction of sp³-hybridized carbons (Fsp3) is 0.276. The van der Waals surface area contributed by atoms with Crippen molar-refractivity contribution in [3.8, 4) is 0 Å². The summed E-state index contributed by atoms with van der Waals surface area (Å²) in [5, 5.41) is 10.8. The number of hydrogen-bond donors (Lipinski definition) is 2. The molecule has 1 unspecified atom stereocenters. The molecule has 0 aliphatic carbocycles. The lowest BCUT2D eigenvalue weighted by molar-refractivity contribution is -0.123. The number of rotatable bonds is 9. The Morgan fingerprint density at radius 3 is 2.55 bits per heavy atom. The van der Waals surface area contributed by atoms with Gasteiger partial charge in [-0.25, -0.2) is 13.2 Å². The van der Waals surface area contributed by atoms with Crippen LogP contribution < -0.4 is 10.0 Å². The maximum absolute atomic E-state index is 13.5. The molecule has 2 N–H and O–H groups in total. The molecule has 218 valence electrons. The predicted octanol–water partition coefficient (Wildman–Crippen LogP) is 4.43. The summed E-state index contributed by atoms with van der Waals surface area (Å²) >= 11 is 5.69. The third-order valence-electron chi connectivity index (χ3n) is 6.83. The van der Waals surface area contributed by atoms with E-state index < -0.39 is 28.0 Å². The number of carbonyl (C=O) groups excluding carboxylic acids is 2. The molecule has 2 aromatic heterocycles. The van der Waals surface area contributed by atoms with Gasteiger partial charge in [0.05, 0.1) is 16.0 Å². The Balaban J connectivity index is 1.29. The molecule has 42 heavy (non-hydrogen) atoms. The van der Waals surface area contributed by atoms with Crippen LogP contribution in [0.5, 0.6) is 0 Å². The zero-order valence-electron chi connectivity index (χ0n) is 23.0. The first-order chi connectivity index (χ1) is 20.1. The van der Waals surface area contributed by atoms with E-state index in [-0.39, 0.29) is 15.9 Å². The van der Waals surface area contributed by atoms with Crippen LogP contribution in [0.25, 0.3) is 10.9 Å². The minimum atomic E-state index is -3.95. The average Bonchev–Trinajstić information content (AvgIpc) is 2.97. The van der Waals surface area contributed by atoms with E-state index in [2.05, 4.69) is 32.1 Å². The summed E-state index contributed by atoms with van der Waals surface area (Å²) < 4.78 is 33.3. The Kier molecular flexibility index (Phi) is 8.66. The number of amides is 1. The molecule has 2 aromatic carbocycles. The lowest BCUT2D eigenvalue weighted by Gasteiger charge is -2.29. The van der Waals surface area contributed by atoms with E-state index in [1.54, 1.807) is 0 Å². The number of aromatic nitrogens is 3. The van der Waals surface area contributed by atoms with Gasteiger partial charge in [0.15, 0.2) is 17.1 Å². The first kappa shape index (κ1) is 29.4. The number of sulfonamides is 1. The van der Waals surface area contributed by atoms with E-state index in [1.165, 1.54) is 43.3 Å². The molecule has 4 aromatic rings. The number of nitrogens with one attached hydrogen (secondary N) is 2. The minimum Gasteiger partial charge on any atom is -0.449 e. The maximum Gasteiger partial charge on any atom is 0.339 e. The second-order valence-corrected chi connectivity index (χ2v) is 11.9. The summed E-state index contributed by atoms with van der Waals surface area (Å²) in [6.45, 7) is 5.96. The number of nitrogens with zero attached hydrogens (tertiary/aromatic N) is 4. The zero-order valence-corrected chi connectivity index (χ0v) is 24.6. The monoisotopic (exact) mass is 608 g/mol. The predicted molar refractivity (Wildman–Crippen MR) is 159 cm³/mol. The number of anilines is 2. The number of pyridine rings is 1. The molecule has 13 heteroatoms. The van der Waals surface area contributed by atoms with E-state index >= 15 is 0 Å². The number of carbonyl (C=O) groups is 2. The molecule has 0 fully saturated rings. The Labute approximate surface area is 248 Å². The molecule has 3 heterocycles. The number of esters is 1. The molecular weight excluding hydrogens is 580 g/mol. The van der Waals surface area contributed by atoms with Gasteiger partial charge in [-0.1, -0.05) is 36.7 Å². The smallest absolute Gasteiger partial charge is 0.339 e. The topological polar surface area (TPSA) is 143 Å². The molecule has 5 rings (SSSR count). The number of para-hydroxylation sites is 1. The van der Waals surface area contributed by atoms with Crippen molar-refractivity contribution in [2.24, 2.45) is 0 Å². The minimum absolute atomic E-state index is 0.00809. The fourth-order valence-corrected chi connectivity index (χ4v) is 5.88. The second-order valence-electron chi connectivity index (χ2n) is 9.86. The molecule has 1 amide bonds. The van der Waals surface area contributed by atoms with Gasteiger partial charge in [-0.05, 0) is 62.4 Å². The lowest BCUT2D eigenvalue weighted by atomic mass is 9.95. The van der Waals surface area contributed by atoms with Crippen LogP contribution in [0, 0.1) is 0 Å². The van der Waals surface area contributed by atoms with Crippen LogP contribution >= 0.6 is 11.6 Å². The quantitative estimate of drug-likeness (QED) is 0.264. The Morgan fingerprint density at radius 1 is 1.07 bits per heavy atom. The highest BCUT2D eigenvalue weighted by Crippen LogP contribution is 2.29. The molecule has 1 aliphatic heterocycles. The largest absolute Gasteiger partial charge is 0.449 e. The highest BCUT2D eigenvalue weighted by atomic mass is 35.5. The maximum atomic E-state index is 13.5. The molecule has 0 radical (unpaired) electrons. The fourth-order valence-electron chi connectivity index (χ4n) is 4.79. The second kappa shape index (κ2) is 12.4. The van der Waals surface area contributed by atoms with Crippen LogP contribution in [0.2, 0.25) is 5.15 Å². The normalized spacial score (nSPS) is 14.2. The van der Waals surface area contributed by atoms with Crippen molar-refractivity contribution in [3.05, 3.63) is 82.6 Å². The summed E-state index contributed by atoms with van der Waals surface area (Å²) in [6, 6.07) is 15.7. The van der Waals surface area contributed by atoms with E-state index in [0.29, 0.717) is 28.7 Å². The van der Waals surface area contributed by atoms with Gasteiger partial charge < -0.3 is 10.1 Å². The number of fused-ring (bicyclic) bond motifs is 2. The molecule has 0 saturated heterocycles. The van der Waals surface area contributed by atoms with E-state index in [4.69, 9.17) is 21.3 Å². The summed E-state index contributed by atoms with van der Waals surface area (Å²) in [7, 11) is -3.95. The van der Waals surface area contributed by atoms with Gasteiger partial charge in [0.2, 0.25) is 0 Å². The summed E-state index contributed by atoms with van der Waals surface area (Å²) in [4.78, 5) is 33.5. The van der Waals surface area contributed by atoms with Crippen LogP contribution in [-0.4, -0.2) is 59.6 Å². The number of benzene rings is 2. The molecule has 0 spiro atoms. The highest BCUT2D eigenvalue weighted by Gasteiger charge is 2.28. The number of ether oxygens (including phenoxy) is 1. The van der Waals surface area contributed by atoms with E-state index in [1.807, 2.05) is 24.3 Å². The molecule has 11 nitrogen and oxygen atoms in total. The van der Waals surface area contributed by atoms with Crippen molar-refractivity contribution < 1.29 is 22.7 Å². The van der Waals surface area contributed by atoms with Crippen molar-refractivity contribution in [2.75, 3.05) is 23.1 Å². The molecular formula is C29H29ClN6O5S. The molecule has 0 saturated carbocycles. The SMILES string of the molecule is CCCN1CCc2nc3ccccc3c(C(=O)OC(C)C(=O)Nc3ccc(S(=O)(=O)Nc4ccc(Cl)nn4)cc3)c2C1. The Bertz CT molecular complexity index is 1730. The Hall–Kier alpha value is -4.13. The molecule has 0 bridgehead atoms. The van der Waals surface area contributed by atoms with E-state index in [0.717, 1.165) is 37.2 Å². The summed E-state index contributed by atoms with van der Waals surface area (Å²) in [5.41, 5.74) is 3.18. The van der Waals surface area contributed by atoms with Gasteiger partial charge in [0.25, 0.3) is 15.9 Å². The van der Waals surface area contributed by atoms with Gasteiger partial charge in [-0.3, -0.25) is 19.4 Å². The standard InChI is InChI=1S/C29H29ClN6O5S/c1-3-15-36-16-14-24-22(17-36)27(21-6-4-5-7-23(21)32-24)29(38)41-18(2)28(37)31-19-8-10-20(11-9-19)42(39,40)35-26-13-12-25(30)33-34-26/h4-13,18H,3,14-17H2,1-2H3,(H,31,37)(H,34,35).